The van der Waals surface area contributed by atoms with Crippen LogP contribution >= 0.6 is 7.60 Å². The van der Waals surface area contributed by atoms with Crippen LogP contribution in [0.5, 0.6) is 0 Å². The minimum absolute atomic E-state index is 0.0123. The first-order valence-electron chi connectivity index (χ1n) is 13.9. The minimum atomic E-state index is -4.35. The van der Waals surface area contributed by atoms with Crippen molar-refractivity contribution in [2.75, 3.05) is 33.0 Å². The van der Waals surface area contributed by atoms with Gasteiger partial charge in [0.25, 0.3) is 11.8 Å². The van der Waals surface area contributed by atoms with Crippen molar-refractivity contribution in [2.45, 2.75) is 37.8 Å². The second kappa shape index (κ2) is 12.8. The molecule has 4 N–H and O–H groups in total. The van der Waals surface area contributed by atoms with Gasteiger partial charge in [-0.25, -0.2) is 8.78 Å². The van der Waals surface area contributed by atoms with Gasteiger partial charge in [0.15, 0.2) is 11.5 Å². The smallest absolute Gasteiger partial charge is 0.325 e. The number of hydrogen-bond acceptors (Lipinski definition) is 8. The number of halogens is 2. The average Bonchev–Trinajstić information content (AvgIpc) is 3.47. The van der Waals surface area contributed by atoms with Crippen molar-refractivity contribution in [1.82, 2.24) is 20.2 Å². The molecule has 236 valence electrons. The van der Waals surface area contributed by atoms with Crippen molar-refractivity contribution >= 4 is 19.4 Å². The van der Waals surface area contributed by atoms with E-state index in [0.29, 0.717) is 19.1 Å². The number of hydrazine groups is 1. The van der Waals surface area contributed by atoms with Gasteiger partial charge in [-0.2, -0.15) is 5.01 Å². The van der Waals surface area contributed by atoms with Crippen LogP contribution in [-0.2, 0) is 36.8 Å². The highest BCUT2D eigenvalue weighted by Crippen LogP contribution is 2.43. The number of likely N-dealkylation sites (N-methyl/N-ethyl adjacent to an activating group) is 1. The number of rotatable bonds is 10. The van der Waals surface area contributed by atoms with Crippen LogP contribution in [0.4, 0.5) is 8.78 Å². The highest BCUT2D eigenvalue weighted by atomic mass is 31.2. The number of aliphatic hydroxyl groups excluding tert-OH is 1. The number of carbonyl (C=O) groups excluding carboxylic acids is 2. The summed E-state index contributed by atoms with van der Waals surface area (Å²) in [6, 6.07) is 11.9. The summed E-state index contributed by atoms with van der Waals surface area (Å²) in [5.41, 5.74) is -0.630. The lowest BCUT2D eigenvalue weighted by Gasteiger charge is -2.56. The topological polar surface area (TPSA) is 152 Å². The largest absolute Gasteiger partial charge is 0.488 e. The molecule has 0 radical (unpaired) electrons. The summed E-state index contributed by atoms with van der Waals surface area (Å²) in [6.07, 6.45) is -0.470. The number of nitrogens with one attached hydrogen (secondary N) is 1. The maximum Gasteiger partial charge on any atom is 0.325 e. The van der Waals surface area contributed by atoms with Gasteiger partial charge >= 0.3 is 7.60 Å². The molecule has 2 atom stereocenters. The van der Waals surface area contributed by atoms with E-state index >= 15 is 0 Å². The fourth-order valence-electron chi connectivity index (χ4n) is 5.53. The molecular weight excluding hydrogens is 601 g/mol. The Hall–Kier alpha value is -3.65. The quantitative estimate of drug-likeness (QED) is 0.286. The third-order valence-corrected chi connectivity index (χ3v) is 8.79. The molecule has 2 saturated heterocycles. The predicted octanol–water partition coefficient (Wildman–Crippen LogP) is 1.94. The Morgan fingerprint density at radius 3 is 2.61 bits per heavy atom. The first-order chi connectivity index (χ1) is 20.9. The zero-order valence-corrected chi connectivity index (χ0v) is 24.8. The van der Waals surface area contributed by atoms with Crippen LogP contribution in [-0.4, -0.2) is 86.4 Å². The summed E-state index contributed by atoms with van der Waals surface area (Å²) >= 11 is 0. The molecule has 0 bridgehead atoms. The third kappa shape index (κ3) is 6.41. The van der Waals surface area contributed by atoms with Crippen LogP contribution in [0.15, 0.2) is 71.8 Å². The number of aliphatic hydroxyl groups is 1. The van der Waals surface area contributed by atoms with Crippen LogP contribution in [0, 0.1) is 11.6 Å². The fraction of sp³-hybridized carbons (Fsp3) is 0.379. The van der Waals surface area contributed by atoms with Gasteiger partial charge < -0.3 is 34.6 Å². The molecule has 12 nitrogen and oxygen atoms in total. The molecule has 3 heterocycles. The standard InChI is InChI=1S/C29H33F2N4O8P/c1-33-28(38)24-26(43-17-19-6-3-2-4-7-19)25(36)22(27(37)32-15-20-8-9-21(30)14-23(20)31)16-34(24)35(11-5-13-44(39,40)41)29(33)10-12-42-18-29/h2-4,6-9,14,16,25,36H,5,10-13,15,17-18H2,1H3,(H,32,37)(H2,39,40,41). The van der Waals surface area contributed by atoms with E-state index in [2.05, 4.69) is 5.32 Å². The van der Waals surface area contributed by atoms with Gasteiger partial charge in [0, 0.05) is 44.4 Å². The van der Waals surface area contributed by atoms with E-state index in [0.717, 1.165) is 11.6 Å². The monoisotopic (exact) mass is 634 g/mol. The molecule has 0 saturated carbocycles. The van der Waals surface area contributed by atoms with Crippen LogP contribution in [0.3, 0.4) is 0 Å². The number of ether oxygens (including phenoxy) is 2. The summed E-state index contributed by atoms with van der Waals surface area (Å²) in [7, 11) is -2.78. The lowest BCUT2D eigenvalue weighted by molar-refractivity contribution is -0.187. The van der Waals surface area contributed by atoms with Crippen LogP contribution in [0.1, 0.15) is 24.0 Å². The van der Waals surface area contributed by atoms with Gasteiger partial charge in [0.05, 0.1) is 24.9 Å². The van der Waals surface area contributed by atoms with Crippen LogP contribution in [0.25, 0.3) is 0 Å². The number of nitrogens with zero attached hydrogens (tertiary/aromatic N) is 3. The summed E-state index contributed by atoms with van der Waals surface area (Å²) in [6.45, 7) is 0.0570. The van der Waals surface area contributed by atoms with Crippen LogP contribution in [0.2, 0.25) is 0 Å². The first kappa shape index (κ1) is 31.8. The maximum atomic E-state index is 14.3. The third-order valence-electron chi connectivity index (χ3n) is 7.89. The van der Waals surface area contributed by atoms with Crippen molar-refractivity contribution < 1.29 is 47.3 Å². The van der Waals surface area contributed by atoms with Crippen molar-refractivity contribution in [3.8, 4) is 0 Å². The van der Waals surface area contributed by atoms with Crippen molar-refractivity contribution in [3.63, 3.8) is 0 Å². The molecule has 2 amide bonds. The Morgan fingerprint density at radius 2 is 1.95 bits per heavy atom. The lowest BCUT2D eigenvalue weighted by atomic mass is 9.97. The summed E-state index contributed by atoms with van der Waals surface area (Å²) in [4.78, 5) is 47.9. The van der Waals surface area contributed by atoms with Gasteiger partial charge in [0.2, 0.25) is 0 Å². The molecule has 2 fully saturated rings. The van der Waals surface area contributed by atoms with Crippen LogP contribution < -0.4 is 5.32 Å². The molecule has 2 aromatic rings. The molecule has 44 heavy (non-hydrogen) atoms. The molecule has 3 aliphatic heterocycles. The van der Waals surface area contributed by atoms with Crippen molar-refractivity contribution in [3.05, 3.63) is 94.5 Å². The van der Waals surface area contributed by atoms with Crippen molar-refractivity contribution in [1.29, 1.82) is 0 Å². The summed E-state index contributed by atoms with van der Waals surface area (Å²) in [5.74, 6) is -3.17. The summed E-state index contributed by atoms with van der Waals surface area (Å²) in [5, 5.41) is 17.1. The second-order valence-corrected chi connectivity index (χ2v) is 12.5. The molecule has 2 aromatic carbocycles. The van der Waals surface area contributed by atoms with E-state index in [1.807, 2.05) is 6.07 Å². The highest BCUT2D eigenvalue weighted by Gasteiger charge is 2.56. The van der Waals surface area contributed by atoms with Gasteiger partial charge in [-0.3, -0.25) is 19.2 Å². The van der Waals surface area contributed by atoms with E-state index in [1.54, 1.807) is 36.3 Å². The molecular formula is C29H33F2N4O8P. The molecule has 5 rings (SSSR count). The number of fused-ring (bicyclic) bond motifs is 1. The highest BCUT2D eigenvalue weighted by molar-refractivity contribution is 7.51. The normalized spacial score (nSPS) is 22.4. The zero-order valence-electron chi connectivity index (χ0n) is 23.9. The average molecular weight is 635 g/mol. The Morgan fingerprint density at radius 1 is 1.20 bits per heavy atom. The van der Waals surface area contributed by atoms with Gasteiger partial charge in [-0.05, 0) is 18.1 Å². The Balaban J connectivity index is 1.53. The maximum absolute atomic E-state index is 14.3. The zero-order chi connectivity index (χ0) is 31.6. The van der Waals surface area contributed by atoms with E-state index in [1.165, 1.54) is 22.2 Å². The number of carbonyl (C=O) groups is 2. The van der Waals surface area contributed by atoms with E-state index in [4.69, 9.17) is 9.47 Å². The summed E-state index contributed by atoms with van der Waals surface area (Å²) < 4.78 is 51.0. The van der Waals surface area contributed by atoms with E-state index < -0.39 is 49.0 Å². The Kier molecular flexibility index (Phi) is 9.21. The lowest BCUT2D eigenvalue weighted by Crippen LogP contribution is -2.71. The van der Waals surface area contributed by atoms with Crippen molar-refractivity contribution in [2.24, 2.45) is 0 Å². The fourth-order valence-corrected chi connectivity index (χ4v) is 6.08. The second-order valence-electron chi connectivity index (χ2n) is 10.8. The molecule has 2 unspecified atom stereocenters. The van der Waals surface area contributed by atoms with Gasteiger partial charge in [-0.15, -0.1) is 0 Å². The SMILES string of the molecule is CN1C(=O)C2=C(OCc3ccccc3)C(O)C(C(=O)NCc3ccc(F)cc3F)=CN2N(CCCP(=O)(O)O)C12CCOC2. The first-order valence-corrected chi connectivity index (χ1v) is 15.7. The predicted molar refractivity (Wildman–Crippen MR) is 152 cm³/mol. The molecule has 15 heteroatoms. The van der Waals surface area contributed by atoms with E-state index in [9.17, 15) is 37.8 Å². The molecule has 0 aromatic heterocycles. The number of benzene rings is 2. The molecule has 1 spiro atoms. The van der Waals surface area contributed by atoms with Gasteiger partial charge in [-0.1, -0.05) is 36.4 Å². The molecule has 3 aliphatic rings. The number of hydrogen-bond donors (Lipinski definition) is 4. The Bertz CT molecular complexity index is 1530. The Labute approximate surface area is 252 Å². The molecule has 0 aliphatic carbocycles. The number of amides is 2. The van der Waals surface area contributed by atoms with Gasteiger partial charge in [0.1, 0.15) is 30.0 Å². The van der Waals surface area contributed by atoms with E-state index in [-0.39, 0.29) is 55.3 Å². The minimum Gasteiger partial charge on any atom is -0.488 e.